The summed E-state index contributed by atoms with van der Waals surface area (Å²) in [5.74, 6) is 215. The lowest BCUT2D eigenvalue weighted by molar-refractivity contribution is 0.0514. The molecule has 1 aromatic heterocycles. The van der Waals surface area contributed by atoms with E-state index in [1.807, 2.05) is 0 Å². The van der Waals surface area contributed by atoms with E-state index in [1.165, 1.54) is 19.4 Å². The quantitative estimate of drug-likeness (QED) is 0.257. The number of hydrogen-bond acceptors (Lipinski definition) is 6. The highest BCUT2D eigenvalue weighted by Gasteiger charge is 2.15. The van der Waals surface area contributed by atoms with Gasteiger partial charge in [-0.15, -0.1) is 0 Å². The topological polar surface area (TPSA) is 78.6 Å². The molecule has 0 radical (unpaired) electrons. The molecule has 0 unspecified atom stereocenters. The lowest BCUT2D eigenvalue weighted by Gasteiger charge is -2.04. The summed E-state index contributed by atoms with van der Waals surface area (Å²) in [5.41, 5.74) is 0.0856. The van der Waals surface area contributed by atoms with Gasteiger partial charge < -0.3 is 13.8 Å². The van der Waals surface area contributed by atoms with Gasteiger partial charge in [-0.1, -0.05) is 17.0 Å². The highest BCUT2D eigenvalue weighted by atomic mass is 31.2. The fourth-order valence-corrected chi connectivity index (χ4v) is 4.03. The third kappa shape index (κ3) is 71.0. The first kappa shape index (κ1) is 84.0. The van der Waals surface area contributed by atoms with Gasteiger partial charge in [-0.25, -0.2) is 4.79 Å². The number of hydrogen-bond donors (Lipinski definition) is 0. The van der Waals surface area contributed by atoms with Crippen LogP contribution in [0.25, 0.3) is 0 Å². The number of esters is 1. The van der Waals surface area contributed by atoms with Gasteiger partial charge in [0.2, 0.25) is 0 Å². The van der Waals surface area contributed by atoms with Gasteiger partial charge in [0.1, 0.15) is 6.61 Å². The molecule has 0 saturated heterocycles. The zero-order valence-electron chi connectivity index (χ0n) is 54.4. The minimum absolute atomic E-state index is 0.0245. The van der Waals surface area contributed by atoms with Gasteiger partial charge in [-0.3, -0.25) is 4.57 Å². The summed E-state index contributed by atoms with van der Waals surface area (Å²) in [4.78, 5) is 11.2. The molecule has 1 heterocycles. The van der Waals surface area contributed by atoms with E-state index in [-0.39, 0.29) is 18.9 Å². The molecule has 0 aromatic carbocycles. The van der Waals surface area contributed by atoms with E-state index < -0.39 is 13.3 Å². The van der Waals surface area contributed by atoms with Crippen LogP contribution in [0.3, 0.4) is 0 Å². The van der Waals surface area contributed by atoms with Crippen molar-refractivity contribution in [3.63, 3.8) is 0 Å². The Morgan fingerprint density at radius 1 is 0.279 bits per heavy atom. The molecule has 0 fully saturated rings. The Balaban J connectivity index is 0.00000579. The Bertz CT molecular complexity index is 6460. The Morgan fingerprint density at radius 3 is 0.529 bits per heavy atom. The van der Waals surface area contributed by atoms with Crippen molar-refractivity contribution in [3.8, 4) is 509 Å². The molecule has 1 rings (SSSR count). The second-order valence-electron chi connectivity index (χ2n) is 14.4. The molecule has 0 aliphatic heterocycles. The zero-order valence-corrected chi connectivity index (χ0v) is 55.3. The number of carbonyl (C=O) groups is 1. The van der Waals surface area contributed by atoms with E-state index >= 15 is 0 Å². The summed E-state index contributed by atoms with van der Waals surface area (Å²) in [6, 6.07) is 1.41. The maximum absolute atomic E-state index is 11.3. The molecule has 0 aliphatic rings. The van der Waals surface area contributed by atoms with Crippen LogP contribution in [0.5, 0.6) is 0 Å². The molecule has 1 aromatic rings. The summed E-state index contributed by atoms with van der Waals surface area (Å²) < 4.78 is 25.9. The lowest BCUT2D eigenvalue weighted by atomic mass is 10.4. The van der Waals surface area contributed by atoms with Crippen LogP contribution < -0.4 is 0 Å². The van der Waals surface area contributed by atoms with Crippen molar-refractivity contribution in [3.05, 3.63) is 17.5 Å². The SMILES string of the molecule is CC#CC#CC#CC#CC#CC#CC#CC#CC#CC#CC#CC#CC#CC#CC#CC#CC#CC#CC#CC#CC#CC#CC#CC#CC#CC#CC#CC#CC#CC#CC#CC#CC#CC#CC#CC#CC#CC#CC#CC#CC#CC#CC#CC.CCOC(=O)c1cc(COP(C)(C)=O)on1. The molecule has 6 nitrogen and oxygen atoms in total. The zero-order chi connectivity index (χ0) is 75.0. The summed E-state index contributed by atoms with van der Waals surface area (Å²) in [7, 11) is -2.56. The van der Waals surface area contributed by atoms with Crippen molar-refractivity contribution in [2.75, 3.05) is 19.9 Å². The van der Waals surface area contributed by atoms with E-state index in [1.54, 1.807) is 20.8 Å². The van der Waals surface area contributed by atoms with Crippen molar-refractivity contribution < 1.29 is 23.1 Å². The number of carbonyl (C=O) groups excluding carboxylic acids is 1. The van der Waals surface area contributed by atoms with E-state index in [2.05, 4.69) is 514 Å². The molecule has 104 heavy (non-hydrogen) atoms. The van der Waals surface area contributed by atoms with Crippen LogP contribution in [0.4, 0.5) is 0 Å². The molecule has 7 heteroatoms. The fraction of sp³-hybridized carbons (Fsp3) is 0.0722. The van der Waals surface area contributed by atoms with Crippen LogP contribution in [-0.2, 0) is 20.4 Å². The van der Waals surface area contributed by atoms with Crippen LogP contribution in [0.1, 0.15) is 37.0 Å². The average Bonchev–Trinajstić information content (AvgIpc) is 1.75. The third-order valence-corrected chi connectivity index (χ3v) is 7.75. The summed E-state index contributed by atoms with van der Waals surface area (Å²) in [5, 5.41) is 3.52. The molecule has 0 spiro atoms. The fourth-order valence-electron chi connectivity index (χ4n) is 3.59. The molecular weight excluding hydrogens is 1290 g/mol. The first-order valence-corrected chi connectivity index (χ1v) is 29.5. The van der Waals surface area contributed by atoms with Gasteiger partial charge in [-0.2, -0.15) is 0 Å². The number of nitrogens with zero attached hydrogens (tertiary/aromatic N) is 1. The average molecular weight is 1310 g/mol. The second kappa shape index (κ2) is 72.0. The predicted octanol–water partition coefficient (Wildman–Crippen LogP) is 3.08. The normalized spacial score (nSPS) is 5.12. The Kier molecular flexibility index (Phi) is 58.1. The first-order chi connectivity index (χ1) is 51.3. The molecule has 448 valence electrons. The third-order valence-electron chi connectivity index (χ3n) is 7.00. The minimum Gasteiger partial charge on any atom is -0.461 e. The van der Waals surface area contributed by atoms with Crippen molar-refractivity contribution in [2.24, 2.45) is 0 Å². The molecule has 0 bridgehead atoms. The van der Waals surface area contributed by atoms with Gasteiger partial charge in [0, 0.05) is 422 Å². The van der Waals surface area contributed by atoms with E-state index in [9.17, 15) is 9.36 Å². The highest BCUT2D eigenvalue weighted by Crippen LogP contribution is 2.38. The molecule has 0 saturated carbocycles. The van der Waals surface area contributed by atoms with E-state index in [0.717, 1.165) is 0 Å². The monoisotopic (exact) mass is 1310 g/mol. The Labute approximate surface area is 611 Å². The van der Waals surface area contributed by atoms with Crippen molar-refractivity contribution >= 4 is 13.3 Å². The molecule has 0 atom stereocenters. The Morgan fingerprint density at radius 2 is 0.413 bits per heavy atom. The summed E-state index contributed by atoms with van der Waals surface area (Å²) in [6.07, 6.45) is 0. The van der Waals surface area contributed by atoms with Gasteiger partial charge in [-0.05, 0) is 115 Å². The maximum atomic E-state index is 11.3. The molecule has 0 amide bonds. The largest absolute Gasteiger partial charge is 0.461 e. The standard InChI is InChI=1S/C88H6.C9H14NO5P/c1-3-5-7-9-11-13-15-17-19-21-23-25-27-29-31-33-35-37-39-41-43-45-47-49-51-53-55-57-59-61-63-65-67-69-71-73-75-77-79-81-83-85-87-88-86-84-82-80-78-76-74-72-70-68-66-64-62-60-58-56-54-52-50-48-46-44-42-40-38-36-34-32-30-28-26-24-22-20-18-16-14-12-10-8-6-4-2;1-4-13-9(11)8-5-7(15-10-8)6-14-16(2,3)12/h1-2H3;5H,4,6H2,1-3H3. The Hall–Kier alpha value is -20.0. The van der Waals surface area contributed by atoms with Crippen molar-refractivity contribution in [1.82, 2.24) is 5.16 Å². The number of aromatic nitrogens is 1. The van der Waals surface area contributed by atoms with E-state index in [4.69, 9.17) is 13.8 Å². The molecule has 0 aliphatic carbocycles. The van der Waals surface area contributed by atoms with Crippen LogP contribution in [-0.4, -0.2) is 31.1 Å². The van der Waals surface area contributed by atoms with Crippen LogP contribution in [0, 0.1) is 509 Å². The number of rotatable bonds is 5. The summed E-state index contributed by atoms with van der Waals surface area (Å²) in [6.45, 7) is 8.36. The van der Waals surface area contributed by atoms with Gasteiger partial charge in [0.15, 0.2) is 18.8 Å². The minimum atomic E-state index is -2.56. The maximum Gasteiger partial charge on any atom is 0.360 e. The number of ether oxygens (including phenoxy) is 1. The lowest BCUT2D eigenvalue weighted by Crippen LogP contribution is -2.04. The first-order valence-electron chi connectivity index (χ1n) is 27.0. The molecule has 0 N–H and O–H groups in total. The van der Waals surface area contributed by atoms with Crippen molar-refractivity contribution in [2.45, 2.75) is 27.4 Å². The smallest absolute Gasteiger partial charge is 0.360 e. The predicted molar refractivity (Wildman–Crippen MR) is 402 cm³/mol. The second-order valence-corrected chi connectivity index (χ2v) is 17.2. The summed E-state index contributed by atoms with van der Waals surface area (Å²) >= 11 is 0. The van der Waals surface area contributed by atoms with Gasteiger partial charge >= 0.3 is 5.97 Å². The molecular formula is C97H20NO5P. The van der Waals surface area contributed by atoms with Crippen molar-refractivity contribution in [1.29, 1.82) is 0 Å². The van der Waals surface area contributed by atoms with Gasteiger partial charge in [0.25, 0.3) is 0 Å². The van der Waals surface area contributed by atoms with E-state index in [0.29, 0.717) is 5.76 Å². The van der Waals surface area contributed by atoms with Crippen LogP contribution >= 0.6 is 7.37 Å². The van der Waals surface area contributed by atoms with Crippen LogP contribution in [0.2, 0.25) is 0 Å². The van der Waals surface area contributed by atoms with Gasteiger partial charge in [0.05, 0.1) is 6.61 Å². The van der Waals surface area contributed by atoms with Crippen LogP contribution in [0.15, 0.2) is 10.6 Å². The highest BCUT2D eigenvalue weighted by molar-refractivity contribution is 7.57.